The van der Waals surface area contributed by atoms with E-state index in [4.69, 9.17) is 0 Å². The molecule has 0 radical (unpaired) electrons. The normalized spacial score (nSPS) is 14.0. The van der Waals surface area contributed by atoms with Gasteiger partial charge >= 0.3 is 0 Å². The lowest BCUT2D eigenvalue weighted by atomic mass is 10.0. The molecular formula is C16H20FN. The molecule has 18 heavy (non-hydrogen) atoms. The number of hydrogen-bond donors (Lipinski definition) is 0. The van der Waals surface area contributed by atoms with Gasteiger partial charge < -0.3 is 0 Å². The quantitative estimate of drug-likeness (QED) is 0.676. The predicted octanol–water partition coefficient (Wildman–Crippen LogP) is 5.09. The summed E-state index contributed by atoms with van der Waals surface area (Å²) in [5.41, 5.74) is 4.65. The van der Waals surface area contributed by atoms with Gasteiger partial charge in [-0.15, -0.1) is 0 Å². The van der Waals surface area contributed by atoms with Crippen LogP contribution < -0.4 is 0 Å². The van der Waals surface area contributed by atoms with Crippen LogP contribution in [0.5, 0.6) is 0 Å². The van der Waals surface area contributed by atoms with Gasteiger partial charge in [0.15, 0.2) is 0 Å². The van der Waals surface area contributed by atoms with Gasteiger partial charge in [-0.25, -0.2) is 4.39 Å². The molecule has 1 rings (SSSR count). The monoisotopic (exact) mass is 245 g/mol. The largest absolute Gasteiger partial charge is 0.253 e. The average molecular weight is 245 g/mol. The van der Waals surface area contributed by atoms with Crippen molar-refractivity contribution in [2.45, 2.75) is 34.6 Å². The van der Waals surface area contributed by atoms with Crippen molar-refractivity contribution < 1.29 is 4.39 Å². The summed E-state index contributed by atoms with van der Waals surface area (Å²) in [6, 6.07) is 1.97. The highest BCUT2D eigenvalue weighted by Crippen LogP contribution is 2.22. The molecule has 1 aromatic heterocycles. The first-order chi connectivity index (χ1) is 8.49. The van der Waals surface area contributed by atoms with Crippen molar-refractivity contribution in [3.8, 4) is 0 Å². The van der Waals surface area contributed by atoms with E-state index in [0.29, 0.717) is 5.69 Å². The SMILES string of the molecule is C/C=C(C)\C=C(/C)c1cnc(/C(F)=C\C)c(C)c1. The molecule has 0 bridgehead atoms. The van der Waals surface area contributed by atoms with Crippen molar-refractivity contribution >= 4 is 11.4 Å². The summed E-state index contributed by atoms with van der Waals surface area (Å²) in [6.45, 7) is 9.65. The van der Waals surface area contributed by atoms with Gasteiger partial charge in [0.2, 0.25) is 0 Å². The number of nitrogens with zero attached hydrogens (tertiary/aromatic N) is 1. The van der Waals surface area contributed by atoms with E-state index in [1.807, 2.05) is 26.8 Å². The van der Waals surface area contributed by atoms with Crippen LogP contribution in [-0.4, -0.2) is 4.98 Å². The molecule has 2 heteroatoms. The predicted molar refractivity (Wildman–Crippen MR) is 76.8 cm³/mol. The van der Waals surface area contributed by atoms with Crippen LogP contribution in [0.3, 0.4) is 0 Å². The third-order valence-corrected chi connectivity index (χ3v) is 2.91. The van der Waals surface area contributed by atoms with Crippen molar-refractivity contribution in [2.75, 3.05) is 0 Å². The van der Waals surface area contributed by atoms with Gasteiger partial charge in [-0.2, -0.15) is 0 Å². The van der Waals surface area contributed by atoms with Crippen molar-refractivity contribution in [1.82, 2.24) is 4.98 Å². The van der Waals surface area contributed by atoms with E-state index >= 15 is 0 Å². The van der Waals surface area contributed by atoms with Crippen LogP contribution in [0.15, 0.2) is 36.1 Å². The molecule has 0 spiro atoms. The minimum atomic E-state index is -0.273. The third-order valence-electron chi connectivity index (χ3n) is 2.91. The van der Waals surface area contributed by atoms with Crippen LogP contribution in [0.25, 0.3) is 11.4 Å². The first kappa shape index (κ1) is 14.4. The van der Waals surface area contributed by atoms with E-state index in [2.05, 4.69) is 24.1 Å². The molecule has 0 aromatic carbocycles. The Morgan fingerprint density at radius 1 is 1.22 bits per heavy atom. The zero-order valence-electron chi connectivity index (χ0n) is 11.7. The Bertz CT molecular complexity index is 522. The summed E-state index contributed by atoms with van der Waals surface area (Å²) in [5.74, 6) is -0.273. The molecule has 0 saturated heterocycles. The summed E-state index contributed by atoms with van der Waals surface area (Å²) < 4.78 is 13.5. The Labute approximate surface area is 109 Å². The first-order valence-corrected chi connectivity index (χ1v) is 6.10. The molecule has 0 saturated carbocycles. The van der Waals surface area contributed by atoms with Gasteiger partial charge in [0, 0.05) is 6.20 Å². The van der Waals surface area contributed by atoms with E-state index in [1.54, 1.807) is 13.1 Å². The average Bonchev–Trinajstić information content (AvgIpc) is 2.37. The lowest BCUT2D eigenvalue weighted by molar-refractivity contribution is 0.748. The highest BCUT2D eigenvalue weighted by molar-refractivity contribution is 5.68. The summed E-state index contributed by atoms with van der Waals surface area (Å²) >= 11 is 0. The maximum absolute atomic E-state index is 13.5. The number of aryl methyl sites for hydroxylation is 1. The molecule has 0 aliphatic carbocycles. The van der Waals surface area contributed by atoms with Crippen molar-refractivity contribution in [3.63, 3.8) is 0 Å². The van der Waals surface area contributed by atoms with Crippen molar-refractivity contribution in [3.05, 3.63) is 52.9 Å². The Balaban J connectivity index is 3.16. The van der Waals surface area contributed by atoms with Gasteiger partial charge in [0.05, 0.1) is 0 Å². The first-order valence-electron chi connectivity index (χ1n) is 6.10. The molecule has 0 aliphatic rings. The fourth-order valence-electron chi connectivity index (χ4n) is 1.69. The molecule has 0 unspecified atom stereocenters. The molecule has 1 heterocycles. The molecule has 0 amide bonds. The minimum Gasteiger partial charge on any atom is -0.253 e. The number of allylic oxidation sites excluding steroid dienone is 5. The van der Waals surface area contributed by atoms with Gasteiger partial charge in [0.1, 0.15) is 11.5 Å². The molecule has 1 aromatic rings. The Morgan fingerprint density at radius 3 is 2.39 bits per heavy atom. The van der Waals surface area contributed by atoms with E-state index in [1.165, 1.54) is 11.6 Å². The standard InChI is InChI=1S/C16H20FN/c1-6-11(3)8-12(4)14-9-13(5)16(18-10-14)15(17)7-2/h6-10H,1-5H3/b11-6-,12-8+,15-7+. The Kier molecular flexibility index (Phi) is 5.02. The summed E-state index contributed by atoms with van der Waals surface area (Å²) in [5, 5.41) is 0. The minimum absolute atomic E-state index is 0.273. The summed E-state index contributed by atoms with van der Waals surface area (Å²) in [4.78, 5) is 4.20. The van der Waals surface area contributed by atoms with Crippen LogP contribution in [0, 0.1) is 6.92 Å². The fourth-order valence-corrected chi connectivity index (χ4v) is 1.69. The maximum Gasteiger partial charge on any atom is 0.144 e. The van der Waals surface area contributed by atoms with Crippen molar-refractivity contribution in [2.24, 2.45) is 0 Å². The topological polar surface area (TPSA) is 12.9 Å². The Morgan fingerprint density at radius 2 is 1.89 bits per heavy atom. The Hall–Kier alpha value is -1.70. The van der Waals surface area contributed by atoms with E-state index in [9.17, 15) is 4.39 Å². The van der Waals surface area contributed by atoms with Gasteiger partial charge in [0.25, 0.3) is 0 Å². The highest BCUT2D eigenvalue weighted by Gasteiger charge is 2.07. The molecule has 0 atom stereocenters. The fraction of sp³-hybridized carbons (Fsp3) is 0.312. The highest BCUT2D eigenvalue weighted by atomic mass is 19.1. The number of aromatic nitrogens is 1. The molecule has 0 aliphatic heterocycles. The molecular weight excluding hydrogens is 225 g/mol. The van der Waals surface area contributed by atoms with Gasteiger partial charge in [-0.3, -0.25) is 4.98 Å². The van der Waals surface area contributed by atoms with Crippen molar-refractivity contribution in [1.29, 1.82) is 0 Å². The van der Waals surface area contributed by atoms with Crippen LogP contribution in [0.4, 0.5) is 4.39 Å². The molecule has 0 fully saturated rings. The van der Waals surface area contributed by atoms with E-state index in [-0.39, 0.29) is 5.83 Å². The zero-order chi connectivity index (χ0) is 13.7. The number of hydrogen-bond acceptors (Lipinski definition) is 1. The number of rotatable bonds is 3. The summed E-state index contributed by atoms with van der Waals surface area (Å²) in [7, 11) is 0. The smallest absolute Gasteiger partial charge is 0.144 e. The lowest BCUT2D eigenvalue weighted by Crippen LogP contribution is -1.93. The second-order valence-electron chi connectivity index (χ2n) is 4.39. The van der Waals surface area contributed by atoms with E-state index in [0.717, 1.165) is 16.7 Å². The van der Waals surface area contributed by atoms with Gasteiger partial charge in [-0.1, -0.05) is 17.7 Å². The second kappa shape index (κ2) is 6.29. The molecule has 1 nitrogen and oxygen atoms in total. The number of halogens is 1. The van der Waals surface area contributed by atoms with E-state index < -0.39 is 0 Å². The molecule has 0 N–H and O–H groups in total. The van der Waals surface area contributed by atoms with Crippen LogP contribution in [0.2, 0.25) is 0 Å². The van der Waals surface area contributed by atoms with Crippen LogP contribution in [0.1, 0.15) is 44.5 Å². The second-order valence-corrected chi connectivity index (χ2v) is 4.39. The summed E-state index contributed by atoms with van der Waals surface area (Å²) in [6.07, 6.45) is 7.31. The maximum atomic E-state index is 13.5. The molecule has 96 valence electrons. The van der Waals surface area contributed by atoms with Gasteiger partial charge in [-0.05, 0) is 63.5 Å². The van der Waals surface area contributed by atoms with Crippen LogP contribution in [-0.2, 0) is 0 Å². The third kappa shape index (κ3) is 3.39. The zero-order valence-corrected chi connectivity index (χ0v) is 11.7. The number of pyridine rings is 1. The lowest BCUT2D eigenvalue weighted by Gasteiger charge is -2.07. The van der Waals surface area contributed by atoms with Crippen LogP contribution >= 0.6 is 0 Å².